The summed E-state index contributed by atoms with van der Waals surface area (Å²) >= 11 is 5.79. The Morgan fingerprint density at radius 3 is 2.58 bits per heavy atom. The second kappa shape index (κ2) is 12.3. The number of methoxy groups -OCH3 is 1. The third-order valence-electron chi connectivity index (χ3n) is 5.44. The first-order chi connectivity index (χ1) is 18.0. The van der Waals surface area contributed by atoms with Crippen LogP contribution in [0.1, 0.15) is 37.6 Å². The van der Waals surface area contributed by atoms with Crippen LogP contribution in [0, 0.1) is 6.92 Å². The molecule has 2 aromatic carbocycles. The Balaban J connectivity index is 1.81. The fraction of sp³-hybridized carbons (Fsp3) is 0.250. The van der Waals surface area contributed by atoms with Crippen LogP contribution in [0.2, 0.25) is 0 Å². The van der Waals surface area contributed by atoms with Crippen molar-refractivity contribution >= 4 is 29.3 Å². The minimum Gasteiger partial charge on any atom is -0.496 e. The largest absolute Gasteiger partial charge is 0.496 e. The maximum atomic E-state index is 13.0. The van der Waals surface area contributed by atoms with Crippen molar-refractivity contribution in [3.8, 4) is 17.2 Å². The summed E-state index contributed by atoms with van der Waals surface area (Å²) in [6.45, 7) is 11.9. The fourth-order valence-corrected chi connectivity index (χ4v) is 3.61. The molecule has 0 spiro atoms. The first-order valence-corrected chi connectivity index (χ1v) is 12.3. The molecule has 0 aliphatic rings. The molecule has 0 saturated heterocycles. The summed E-state index contributed by atoms with van der Waals surface area (Å²) in [5, 5.41) is 10.6. The predicted octanol–water partition coefficient (Wildman–Crippen LogP) is 5.77. The van der Waals surface area contributed by atoms with Crippen LogP contribution in [-0.2, 0) is 12.0 Å². The quantitative estimate of drug-likeness (QED) is 0.192. The molecule has 1 aromatic heterocycles. The molecular formula is C28H33ClN6O3. The van der Waals surface area contributed by atoms with Crippen LogP contribution in [0.4, 0.5) is 10.6 Å². The normalized spacial score (nSPS) is 11.9. The Bertz CT molecular complexity index is 1370. The van der Waals surface area contributed by atoms with Crippen molar-refractivity contribution in [1.82, 2.24) is 15.1 Å². The van der Waals surface area contributed by atoms with Gasteiger partial charge in [0.15, 0.2) is 0 Å². The van der Waals surface area contributed by atoms with Gasteiger partial charge in [-0.2, -0.15) is 5.10 Å². The fourth-order valence-electron chi connectivity index (χ4n) is 3.52. The van der Waals surface area contributed by atoms with Crippen LogP contribution >= 0.6 is 11.6 Å². The zero-order chi connectivity index (χ0) is 27.9. The van der Waals surface area contributed by atoms with E-state index >= 15 is 0 Å². The van der Waals surface area contributed by atoms with Gasteiger partial charge in [0.25, 0.3) is 0 Å². The highest BCUT2D eigenvalue weighted by Gasteiger charge is 2.22. The molecule has 0 saturated carbocycles. The van der Waals surface area contributed by atoms with Gasteiger partial charge in [0.1, 0.15) is 22.5 Å². The first kappa shape index (κ1) is 28.3. The molecule has 1 heterocycles. The molecule has 3 aromatic rings. The van der Waals surface area contributed by atoms with Gasteiger partial charge < -0.3 is 20.5 Å². The van der Waals surface area contributed by atoms with Gasteiger partial charge in [-0.1, -0.05) is 57.2 Å². The lowest BCUT2D eigenvalue weighted by atomic mass is 9.92. The second-order valence-electron chi connectivity index (χ2n) is 9.43. The number of carbonyl (C=O) groups is 1. The van der Waals surface area contributed by atoms with Gasteiger partial charge >= 0.3 is 6.03 Å². The molecule has 0 fully saturated rings. The van der Waals surface area contributed by atoms with Gasteiger partial charge in [0, 0.05) is 29.7 Å². The lowest BCUT2D eigenvalue weighted by Gasteiger charge is -2.14. The van der Waals surface area contributed by atoms with E-state index in [0.717, 1.165) is 28.3 Å². The van der Waals surface area contributed by atoms with Crippen LogP contribution in [0.5, 0.6) is 11.5 Å². The molecule has 0 atom stereocenters. The number of amides is 2. The smallest absolute Gasteiger partial charge is 0.320 e. The Morgan fingerprint density at radius 2 is 1.95 bits per heavy atom. The summed E-state index contributed by atoms with van der Waals surface area (Å²) in [7, 11) is 1.63. The van der Waals surface area contributed by atoms with Crippen molar-refractivity contribution in [2.24, 2.45) is 10.7 Å². The molecular weight excluding hydrogens is 504 g/mol. The third kappa shape index (κ3) is 7.39. The van der Waals surface area contributed by atoms with E-state index < -0.39 is 6.03 Å². The second-order valence-corrected chi connectivity index (χ2v) is 9.87. The summed E-state index contributed by atoms with van der Waals surface area (Å²) in [4.78, 5) is 17.0. The Kier molecular flexibility index (Phi) is 9.20. The van der Waals surface area contributed by atoms with Crippen molar-refractivity contribution in [2.75, 3.05) is 12.4 Å². The molecule has 0 aliphatic carbocycles. The first-order valence-electron chi connectivity index (χ1n) is 11.9. The number of anilines is 1. The summed E-state index contributed by atoms with van der Waals surface area (Å²) in [6, 6.07) is 14.4. The van der Waals surface area contributed by atoms with Gasteiger partial charge in [-0.05, 0) is 43.0 Å². The predicted molar refractivity (Wildman–Crippen MR) is 152 cm³/mol. The van der Waals surface area contributed by atoms with Crippen LogP contribution < -0.4 is 25.8 Å². The summed E-state index contributed by atoms with van der Waals surface area (Å²) in [5.41, 5.74) is 8.57. The van der Waals surface area contributed by atoms with E-state index in [4.69, 9.17) is 31.9 Å². The van der Waals surface area contributed by atoms with Gasteiger partial charge in [0.05, 0.1) is 18.5 Å². The number of halogens is 1. The molecule has 2 amide bonds. The molecule has 0 bridgehead atoms. The molecule has 3 rings (SSSR count). The molecule has 10 heteroatoms. The highest BCUT2D eigenvalue weighted by atomic mass is 35.5. The molecule has 0 radical (unpaired) electrons. The lowest BCUT2D eigenvalue weighted by Crippen LogP contribution is -2.29. The van der Waals surface area contributed by atoms with Crippen molar-refractivity contribution < 1.29 is 14.3 Å². The number of para-hydroxylation sites is 1. The van der Waals surface area contributed by atoms with Crippen molar-refractivity contribution in [1.29, 1.82) is 0 Å². The van der Waals surface area contributed by atoms with Gasteiger partial charge in [-0.3, -0.25) is 5.32 Å². The van der Waals surface area contributed by atoms with E-state index in [1.54, 1.807) is 17.9 Å². The summed E-state index contributed by atoms with van der Waals surface area (Å²) in [6.07, 6.45) is 2.74. The number of nitrogens with one attached hydrogen (secondary N) is 2. The molecule has 0 aliphatic heterocycles. The molecule has 0 unspecified atom stereocenters. The maximum absolute atomic E-state index is 13.0. The molecule has 38 heavy (non-hydrogen) atoms. The number of carbonyl (C=O) groups excluding carboxylic acids is 1. The minimum atomic E-state index is -0.406. The van der Waals surface area contributed by atoms with Crippen LogP contribution in [0.25, 0.3) is 5.69 Å². The van der Waals surface area contributed by atoms with Crippen molar-refractivity contribution in [3.05, 3.63) is 89.4 Å². The minimum absolute atomic E-state index is 0.0476. The Hall–Kier alpha value is -4.24. The van der Waals surface area contributed by atoms with E-state index in [-0.39, 0.29) is 23.0 Å². The van der Waals surface area contributed by atoms with Gasteiger partial charge in [-0.25, -0.2) is 14.5 Å². The topological polar surface area (TPSA) is 116 Å². The van der Waals surface area contributed by atoms with Crippen LogP contribution in [0.15, 0.2) is 77.5 Å². The highest BCUT2D eigenvalue weighted by molar-refractivity contribution is 6.29. The number of aromatic nitrogens is 2. The zero-order valence-electron chi connectivity index (χ0n) is 22.2. The Morgan fingerprint density at radius 1 is 1.21 bits per heavy atom. The Labute approximate surface area is 228 Å². The van der Waals surface area contributed by atoms with Gasteiger partial charge in [0.2, 0.25) is 5.90 Å². The van der Waals surface area contributed by atoms with E-state index in [0.29, 0.717) is 11.6 Å². The van der Waals surface area contributed by atoms with Crippen molar-refractivity contribution in [3.63, 3.8) is 0 Å². The number of ether oxygens (including phenoxy) is 2. The number of hydrogen-bond acceptors (Lipinski definition) is 6. The number of nitrogens with two attached hydrogens (primary N) is 1. The van der Waals surface area contributed by atoms with Crippen LogP contribution in [0.3, 0.4) is 0 Å². The summed E-state index contributed by atoms with van der Waals surface area (Å²) in [5.74, 6) is 1.95. The number of hydrogen-bond donors (Lipinski definition) is 3. The molecule has 9 nitrogen and oxygen atoms in total. The monoisotopic (exact) mass is 536 g/mol. The molecule has 200 valence electrons. The number of aryl methyl sites for hydroxylation is 1. The number of aliphatic imine (C=N–C) groups is 1. The zero-order valence-corrected chi connectivity index (χ0v) is 23.0. The van der Waals surface area contributed by atoms with E-state index in [2.05, 4.69) is 43.0 Å². The summed E-state index contributed by atoms with van der Waals surface area (Å²) < 4.78 is 12.9. The highest BCUT2D eigenvalue weighted by Crippen LogP contribution is 2.28. The average Bonchev–Trinajstić information content (AvgIpc) is 3.27. The standard InChI is InChI=1S/C28H33ClN6O3/c1-18-15-21(11-12-22(18)37-6)35-25(16-24(34-35)28(3,4)5)33-27(36)31-17-20-9-7-8-10-23(20)38-26(13-14-30)32-19(2)29/h7-16H,2,17,30H2,1,3-6H3,(H2,31,33,36)/b14-13-,32-26?. The average molecular weight is 537 g/mol. The number of rotatable bonds is 8. The van der Waals surface area contributed by atoms with E-state index in [9.17, 15) is 4.79 Å². The lowest BCUT2D eigenvalue weighted by molar-refractivity contribution is 0.251. The van der Waals surface area contributed by atoms with Gasteiger partial charge in [-0.15, -0.1) is 0 Å². The maximum Gasteiger partial charge on any atom is 0.320 e. The number of urea groups is 1. The number of nitrogens with zero attached hydrogens (tertiary/aromatic N) is 3. The number of benzene rings is 2. The van der Waals surface area contributed by atoms with Crippen LogP contribution in [-0.4, -0.2) is 28.8 Å². The molecule has 4 N–H and O–H groups in total. The SMILES string of the molecule is C=C(Cl)N=C(/C=C\N)Oc1ccccc1CNC(=O)Nc1cc(C(C)(C)C)nn1-c1ccc(OC)c(C)c1. The van der Waals surface area contributed by atoms with E-state index in [1.807, 2.05) is 49.4 Å². The van der Waals surface area contributed by atoms with Crippen molar-refractivity contribution in [2.45, 2.75) is 39.7 Å². The van der Waals surface area contributed by atoms with E-state index in [1.165, 1.54) is 12.3 Å². The third-order valence-corrected chi connectivity index (χ3v) is 5.52.